The SMILES string of the molecule is Cc1cc(S(N)(=O)=O)cc(NC(=O)c2ccc(-c3ncn(C)n3)cc2)c1C. The summed E-state index contributed by atoms with van der Waals surface area (Å²) in [5, 5.41) is 12.2. The summed E-state index contributed by atoms with van der Waals surface area (Å²) in [6, 6.07) is 9.67. The molecule has 1 heterocycles. The fourth-order valence-electron chi connectivity index (χ4n) is 2.56. The molecule has 9 heteroatoms. The molecule has 0 bridgehead atoms. The van der Waals surface area contributed by atoms with E-state index in [9.17, 15) is 13.2 Å². The lowest BCUT2D eigenvalue weighted by atomic mass is 10.1. The quantitative estimate of drug-likeness (QED) is 0.712. The van der Waals surface area contributed by atoms with E-state index in [1.54, 1.807) is 56.2 Å². The lowest BCUT2D eigenvalue weighted by Gasteiger charge is -2.13. The average Bonchev–Trinajstić information content (AvgIpc) is 3.04. The van der Waals surface area contributed by atoms with Gasteiger partial charge in [0.1, 0.15) is 6.33 Å². The van der Waals surface area contributed by atoms with Crippen molar-refractivity contribution >= 4 is 21.6 Å². The second-order valence-electron chi connectivity index (χ2n) is 6.23. The van der Waals surface area contributed by atoms with Crippen molar-refractivity contribution in [2.45, 2.75) is 18.7 Å². The van der Waals surface area contributed by atoms with Gasteiger partial charge in [0, 0.05) is 23.9 Å². The summed E-state index contributed by atoms with van der Waals surface area (Å²) in [7, 11) is -2.09. The highest BCUT2D eigenvalue weighted by Gasteiger charge is 2.15. The number of carbonyl (C=O) groups excluding carboxylic acids is 1. The second-order valence-corrected chi connectivity index (χ2v) is 7.79. The molecule has 27 heavy (non-hydrogen) atoms. The van der Waals surface area contributed by atoms with E-state index in [0.717, 1.165) is 11.1 Å². The van der Waals surface area contributed by atoms with Crippen molar-refractivity contribution in [1.29, 1.82) is 0 Å². The first-order chi connectivity index (χ1) is 12.6. The van der Waals surface area contributed by atoms with E-state index in [2.05, 4.69) is 15.4 Å². The molecule has 1 amide bonds. The van der Waals surface area contributed by atoms with Crippen molar-refractivity contribution in [2.75, 3.05) is 5.32 Å². The molecule has 0 spiro atoms. The van der Waals surface area contributed by atoms with Crippen LogP contribution in [0.5, 0.6) is 0 Å². The van der Waals surface area contributed by atoms with Crippen LogP contribution in [0.3, 0.4) is 0 Å². The van der Waals surface area contributed by atoms with Crippen LogP contribution in [0.2, 0.25) is 0 Å². The monoisotopic (exact) mass is 385 g/mol. The molecule has 3 aromatic rings. The topological polar surface area (TPSA) is 120 Å². The number of nitrogens with two attached hydrogens (primary N) is 1. The number of carbonyl (C=O) groups is 1. The van der Waals surface area contributed by atoms with Gasteiger partial charge in [-0.2, -0.15) is 5.10 Å². The van der Waals surface area contributed by atoms with E-state index in [1.807, 2.05) is 0 Å². The van der Waals surface area contributed by atoms with Gasteiger partial charge in [0.15, 0.2) is 5.82 Å². The van der Waals surface area contributed by atoms with Crippen LogP contribution in [0.4, 0.5) is 5.69 Å². The predicted octanol–water partition coefficient (Wildman–Crippen LogP) is 2.00. The number of amides is 1. The Morgan fingerprint density at radius 1 is 1.15 bits per heavy atom. The number of rotatable bonds is 4. The predicted molar refractivity (Wildman–Crippen MR) is 102 cm³/mol. The smallest absolute Gasteiger partial charge is 0.255 e. The number of aryl methyl sites for hydroxylation is 2. The maximum absolute atomic E-state index is 12.6. The number of nitrogens with zero attached hydrogens (tertiary/aromatic N) is 3. The lowest BCUT2D eigenvalue weighted by Crippen LogP contribution is -2.16. The Balaban J connectivity index is 1.86. The van der Waals surface area contributed by atoms with E-state index >= 15 is 0 Å². The number of hydrogen-bond acceptors (Lipinski definition) is 5. The molecule has 3 rings (SSSR count). The largest absolute Gasteiger partial charge is 0.322 e. The third-order valence-electron chi connectivity index (χ3n) is 4.22. The third kappa shape index (κ3) is 4.04. The molecule has 0 radical (unpaired) electrons. The van der Waals surface area contributed by atoms with Crippen LogP contribution < -0.4 is 10.5 Å². The number of sulfonamides is 1. The minimum absolute atomic E-state index is 0.0440. The lowest BCUT2D eigenvalue weighted by molar-refractivity contribution is 0.102. The van der Waals surface area contributed by atoms with Gasteiger partial charge in [-0.05, 0) is 49.2 Å². The van der Waals surface area contributed by atoms with Gasteiger partial charge in [-0.1, -0.05) is 12.1 Å². The Kier molecular flexibility index (Phi) is 4.81. The van der Waals surface area contributed by atoms with Gasteiger partial charge in [0.05, 0.1) is 4.90 Å². The molecule has 0 fully saturated rings. The van der Waals surface area contributed by atoms with Crippen LogP contribution in [0.1, 0.15) is 21.5 Å². The summed E-state index contributed by atoms with van der Waals surface area (Å²) < 4.78 is 24.9. The molecule has 0 aliphatic carbocycles. The normalized spacial score (nSPS) is 11.4. The summed E-state index contributed by atoms with van der Waals surface area (Å²) in [5.74, 6) is 0.210. The highest BCUT2D eigenvalue weighted by molar-refractivity contribution is 7.89. The Bertz CT molecular complexity index is 1120. The zero-order valence-corrected chi connectivity index (χ0v) is 15.9. The van der Waals surface area contributed by atoms with Crippen LogP contribution in [0.15, 0.2) is 47.6 Å². The molecule has 2 aromatic carbocycles. The molecule has 8 nitrogen and oxygen atoms in total. The van der Waals surface area contributed by atoms with Gasteiger partial charge in [-0.15, -0.1) is 0 Å². The number of nitrogens with one attached hydrogen (secondary N) is 1. The molecular formula is C18H19N5O3S. The van der Waals surface area contributed by atoms with Crippen molar-refractivity contribution < 1.29 is 13.2 Å². The van der Waals surface area contributed by atoms with Crippen molar-refractivity contribution in [3.05, 3.63) is 59.4 Å². The summed E-state index contributed by atoms with van der Waals surface area (Å²) in [4.78, 5) is 16.7. The molecule has 0 saturated carbocycles. The van der Waals surface area contributed by atoms with Gasteiger partial charge in [0.25, 0.3) is 5.91 Å². The van der Waals surface area contributed by atoms with Crippen LogP contribution in [0.25, 0.3) is 11.4 Å². The molecule has 0 atom stereocenters. The van der Waals surface area contributed by atoms with E-state index < -0.39 is 10.0 Å². The summed E-state index contributed by atoms with van der Waals surface area (Å²) in [6.07, 6.45) is 1.60. The van der Waals surface area contributed by atoms with Crippen LogP contribution >= 0.6 is 0 Å². The maximum Gasteiger partial charge on any atom is 0.255 e. The number of hydrogen-bond donors (Lipinski definition) is 2. The number of aromatic nitrogens is 3. The standard InChI is InChI=1S/C18H19N5O3S/c1-11-8-15(27(19,25)26)9-16(12(11)2)21-18(24)14-6-4-13(5-7-14)17-20-10-23(3)22-17/h4-10H,1-3H3,(H,21,24)(H2,19,25,26). The maximum atomic E-state index is 12.6. The number of primary sulfonamides is 1. The van der Waals surface area contributed by atoms with Crippen molar-refractivity contribution in [1.82, 2.24) is 14.8 Å². The molecule has 1 aromatic heterocycles. The minimum atomic E-state index is -3.87. The van der Waals surface area contributed by atoms with Crippen molar-refractivity contribution in [3.63, 3.8) is 0 Å². The van der Waals surface area contributed by atoms with Gasteiger partial charge in [0.2, 0.25) is 10.0 Å². The minimum Gasteiger partial charge on any atom is -0.322 e. The van der Waals surface area contributed by atoms with Gasteiger partial charge < -0.3 is 5.32 Å². The Morgan fingerprint density at radius 3 is 2.37 bits per heavy atom. The van der Waals surface area contributed by atoms with E-state index in [0.29, 0.717) is 22.6 Å². The van der Waals surface area contributed by atoms with Gasteiger partial charge in [-0.25, -0.2) is 18.5 Å². The molecule has 3 N–H and O–H groups in total. The first-order valence-corrected chi connectivity index (χ1v) is 9.61. The van der Waals surface area contributed by atoms with Crippen LogP contribution in [0, 0.1) is 13.8 Å². The second kappa shape index (κ2) is 6.93. The summed E-state index contributed by atoms with van der Waals surface area (Å²) in [5.41, 5.74) is 3.10. The number of benzene rings is 2. The number of anilines is 1. The van der Waals surface area contributed by atoms with Crippen molar-refractivity contribution in [2.24, 2.45) is 12.2 Å². The van der Waals surface area contributed by atoms with E-state index in [4.69, 9.17) is 5.14 Å². The highest BCUT2D eigenvalue weighted by atomic mass is 32.2. The van der Waals surface area contributed by atoms with Gasteiger partial charge in [-0.3, -0.25) is 9.48 Å². The van der Waals surface area contributed by atoms with Crippen LogP contribution in [-0.4, -0.2) is 29.1 Å². The summed E-state index contributed by atoms with van der Waals surface area (Å²) in [6.45, 7) is 3.56. The Hall–Kier alpha value is -3.04. The van der Waals surface area contributed by atoms with E-state index in [1.165, 1.54) is 12.1 Å². The fourth-order valence-corrected chi connectivity index (χ4v) is 3.18. The Labute approximate surface area is 157 Å². The highest BCUT2D eigenvalue weighted by Crippen LogP contribution is 2.24. The molecule has 0 aliphatic heterocycles. The zero-order valence-electron chi connectivity index (χ0n) is 15.1. The summed E-state index contributed by atoms with van der Waals surface area (Å²) >= 11 is 0. The molecule has 0 aliphatic rings. The molecule has 0 unspecified atom stereocenters. The van der Waals surface area contributed by atoms with Gasteiger partial charge >= 0.3 is 0 Å². The fraction of sp³-hybridized carbons (Fsp3) is 0.167. The molecule has 140 valence electrons. The first kappa shape index (κ1) is 18.7. The Morgan fingerprint density at radius 2 is 1.81 bits per heavy atom. The van der Waals surface area contributed by atoms with Crippen molar-refractivity contribution in [3.8, 4) is 11.4 Å². The van der Waals surface area contributed by atoms with E-state index in [-0.39, 0.29) is 10.8 Å². The molecule has 0 saturated heterocycles. The first-order valence-electron chi connectivity index (χ1n) is 8.06. The molecular weight excluding hydrogens is 366 g/mol. The van der Waals surface area contributed by atoms with Crippen LogP contribution in [-0.2, 0) is 17.1 Å². The third-order valence-corrected chi connectivity index (χ3v) is 5.12. The zero-order chi connectivity index (χ0) is 19.8. The average molecular weight is 385 g/mol.